The van der Waals surface area contributed by atoms with E-state index in [0.717, 1.165) is 6.61 Å². The van der Waals surface area contributed by atoms with Crippen LogP contribution in [0.2, 0.25) is 0 Å². The van der Waals surface area contributed by atoms with Gasteiger partial charge >= 0.3 is 0 Å². The molecule has 0 aromatic heterocycles. The predicted molar refractivity (Wildman–Crippen MR) is 82.4 cm³/mol. The third kappa shape index (κ3) is 4.43. The normalized spacial score (nSPS) is 28.2. The Kier molecular flexibility index (Phi) is 6.49. The lowest BCUT2D eigenvalue weighted by molar-refractivity contribution is -0.125. The summed E-state index contributed by atoms with van der Waals surface area (Å²) in [6.45, 7) is 14.5. The van der Waals surface area contributed by atoms with E-state index in [1.54, 1.807) is 0 Å². The van der Waals surface area contributed by atoms with E-state index in [9.17, 15) is 0 Å². The Morgan fingerprint density at radius 2 is 2.00 bits per heavy atom. The van der Waals surface area contributed by atoms with Crippen LogP contribution >= 0.6 is 11.8 Å². The summed E-state index contributed by atoms with van der Waals surface area (Å²) in [4.78, 5) is 0. The van der Waals surface area contributed by atoms with Gasteiger partial charge in [-0.05, 0) is 25.0 Å². The highest BCUT2D eigenvalue weighted by molar-refractivity contribution is 7.99. The monoisotopic (exact) mass is 273 g/mol. The molecule has 1 N–H and O–H groups in total. The van der Waals surface area contributed by atoms with Crippen molar-refractivity contribution in [2.45, 2.75) is 66.2 Å². The molecule has 2 nitrogen and oxygen atoms in total. The lowest BCUT2D eigenvalue weighted by atomic mass is 9.64. The molecule has 0 aliphatic heterocycles. The van der Waals surface area contributed by atoms with Crippen LogP contribution in [0.4, 0.5) is 0 Å². The molecule has 1 fully saturated rings. The summed E-state index contributed by atoms with van der Waals surface area (Å²) in [6.07, 6.45) is 1.60. The number of ether oxygens (including phenoxy) is 1. The average molecular weight is 273 g/mol. The third-order valence-electron chi connectivity index (χ3n) is 3.87. The Bertz CT molecular complexity index is 243. The van der Waals surface area contributed by atoms with Gasteiger partial charge in [0, 0.05) is 29.9 Å². The van der Waals surface area contributed by atoms with Crippen molar-refractivity contribution >= 4 is 11.8 Å². The van der Waals surface area contributed by atoms with Gasteiger partial charge in [-0.3, -0.25) is 0 Å². The van der Waals surface area contributed by atoms with Crippen molar-refractivity contribution in [3.63, 3.8) is 0 Å². The number of thioether (sulfide) groups is 1. The summed E-state index contributed by atoms with van der Waals surface area (Å²) in [7, 11) is 0. The molecule has 0 heterocycles. The molecule has 3 atom stereocenters. The minimum atomic E-state index is 0.278. The van der Waals surface area contributed by atoms with E-state index in [1.807, 2.05) is 11.8 Å². The zero-order valence-electron chi connectivity index (χ0n) is 13.0. The van der Waals surface area contributed by atoms with Crippen LogP contribution in [-0.4, -0.2) is 36.3 Å². The molecule has 1 saturated carbocycles. The fourth-order valence-electron chi connectivity index (χ4n) is 2.45. The highest BCUT2D eigenvalue weighted by Crippen LogP contribution is 2.43. The van der Waals surface area contributed by atoms with Gasteiger partial charge in [0.25, 0.3) is 0 Å². The molecule has 3 unspecified atom stereocenters. The molecule has 3 heteroatoms. The van der Waals surface area contributed by atoms with E-state index < -0.39 is 0 Å². The smallest absolute Gasteiger partial charge is 0.0656 e. The van der Waals surface area contributed by atoms with Crippen LogP contribution in [0.1, 0.15) is 48.0 Å². The largest absolute Gasteiger partial charge is 0.377 e. The van der Waals surface area contributed by atoms with E-state index in [0.29, 0.717) is 24.1 Å². The van der Waals surface area contributed by atoms with Crippen molar-refractivity contribution in [2.24, 2.45) is 11.3 Å². The van der Waals surface area contributed by atoms with Crippen molar-refractivity contribution in [3.8, 4) is 0 Å². The number of rotatable bonds is 8. The fraction of sp³-hybridized carbons (Fsp3) is 1.00. The first-order valence-electron chi connectivity index (χ1n) is 7.33. The van der Waals surface area contributed by atoms with E-state index in [4.69, 9.17) is 4.74 Å². The summed E-state index contributed by atoms with van der Waals surface area (Å²) >= 11 is 2.01. The summed E-state index contributed by atoms with van der Waals surface area (Å²) in [5.74, 6) is 3.05. The standard InChI is InChI=1S/C15H31NOS/c1-7-18-10-12(4)16-13-8-14(15(13,5)6)17-9-11(2)3/h11-14,16H,7-10H2,1-6H3. The predicted octanol–water partition coefficient (Wildman–Crippen LogP) is 3.56. The first-order chi connectivity index (χ1) is 8.37. The van der Waals surface area contributed by atoms with Gasteiger partial charge < -0.3 is 10.1 Å². The van der Waals surface area contributed by atoms with Crippen LogP contribution in [0, 0.1) is 11.3 Å². The van der Waals surface area contributed by atoms with E-state index >= 15 is 0 Å². The van der Waals surface area contributed by atoms with Crippen LogP contribution in [0.5, 0.6) is 0 Å². The molecule has 0 saturated heterocycles. The van der Waals surface area contributed by atoms with Crippen LogP contribution in [0.25, 0.3) is 0 Å². The Morgan fingerprint density at radius 3 is 2.50 bits per heavy atom. The molecule has 0 spiro atoms. The van der Waals surface area contributed by atoms with Crippen LogP contribution < -0.4 is 5.32 Å². The first-order valence-corrected chi connectivity index (χ1v) is 8.48. The lowest BCUT2D eigenvalue weighted by Crippen LogP contribution is -2.62. The minimum Gasteiger partial charge on any atom is -0.377 e. The number of hydrogen-bond donors (Lipinski definition) is 1. The second-order valence-corrected chi connectivity index (χ2v) is 7.87. The Balaban J connectivity index is 2.30. The second-order valence-electron chi connectivity index (χ2n) is 6.55. The summed E-state index contributed by atoms with van der Waals surface area (Å²) in [5, 5.41) is 3.76. The molecule has 1 aliphatic carbocycles. The van der Waals surface area contributed by atoms with Gasteiger partial charge in [-0.2, -0.15) is 11.8 Å². The van der Waals surface area contributed by atoms with Gasteiger partial charge in [0.15, 0.2) is 0 Å². The molecule has 0 aromatic carbocycles. The Hall–Kier alpha value is 0.270. The third-order valence-corrected chi connectivity index (χ3v) is 5.01. The maximum absolute atomic E-state index is 6.00. The summed E-state index contributed by atoms with van der Waals surface area (Å²) in [5.41, 5.74) is 0.278. The first kappa shape index (κ1) is 16.3. The molecule has 0 aromatic rings. The topological polar surface area (TPSA) is 21.3 Å². The zero-order chi connectivity index (χ0) is 13.8. The molecule has 18 heavy (non-hydrogen) atoms. The van der Waals surface area contributed by atoms with E-state index in [-0.39, 0.29) is 5.41 Å². The quantitative estimate of drug-likeness (QED) is 0.730. The molecule has 0 bridgehead atoms. The second kappa shape index (κ2) is 7.16. The van der Waals surface area contributed by atoms with Gasteiger partial charge in [-0.1, -0.05) is 34.6 Å². The molecule has 0 radical (unpaired) electrons. The maximum atomic E-state index is 6.00. The van der Waals surface area contributed by atoms with Crippen LogP contribution in [-0.2, 0) is 4.74 Å². The van der Waals surface area contributed by atoms with Crippen molar-refractivity contribution in [1.82, 2.24) is 5.32 Å². The van der Waals surface area contributed by atoms with Gasteiger partial charge in [-0.25, -0.2) is 0 Å². The molecule has 1 rings (SSSR count). The molecule has 108 valence electrons. The molecular weight excluding hydrogens is 242 g/mol. The Labute approximate surface area is 118 Å². The van der Waals surface area contributed by atoms with Gasteiger partial charge in [0.2, 0.25) is 0 Å². The van der Waals surface area contributed by atoms with E-state index in [1.165, 1.54) is 17.9 Å². The van der Waals surface area contributed by atoms with Crippen molar-refractivity contribution < 1.29 is 4.74 Å². The Morgan fingerprint density at radius 1 is 1.33 bits per heavy atom. The maximum Gasteiger partial charge on any atom is 0.0656 e. The lowest BCUT2D eigenvalue weighted by Gasteiger charge is -2.53. The van der Waals surface area contributed by atoms with Crippen molar-refractivity contribution in [3.05, 3.63) is 0 Å². The molecular formula is C15H31NOS. The zero-order valence-corrected chi connectivity index (χ0v) is 13.8. The van der Waals surface area contributed by atoms with Gasteiger partial charge in [-0.15, -0.1) is 0 Å². The average Bonchev–Trinajstić information content (AvgIpc) is 2.29. The van der Waals surface area contributed by atoms with Crippen molar-refractivity contribution in [2.75, 3.05) is 18.1 Å². The number of nitrogens with one attached hydrogen (secondary N) is 1. The van der Waals surface area contributed by atoms with Gasteiger partial charge in [0.05, 0.1) is 6.10 Å². The highest BCUT2D eigenvalue weighted by atomic mass is 32.2. The van der Waals surface area contributed by atoms with Crippen LogP contribution in [0.15, 0.2) is 0 Å². The summed E-state index contributed by atoms with van der Waals surface area (Å²) in [6, 6.07) is 1.22. The van der Waals surface area contributed by atoms with E-state index in [2.05, 4.69) is 46.9 Å². The molecule has 1 aliphatic rings. The van der Waals surface area contributed by atoms with Gasteiger partial charge in [0.1, 0.15) is 0 Å². The minimum absolute atomic E-state index is 0.278. The molecule has 0 amide bonds. The summed E-state index contributed by atoms with van der Waals surface area (Å²) < 4.78 is 6.00. The number of hydrogen-bond acceptors (Lipinski definition) is 3. The van der Waals surface area contributed by atoms with Crippen molar-refractivity contribution in [1.29, 1.82) is 0 Å². The fourth-order valence-corrected chi connectivity index (χ4v) is 3.13. The highest BCUT2D eigenvalue weighted by Gasteiger charge is 2.49. The SMILES string of the molecule is CCSCC(C)NC1CC(OCC(C)C)C1(C)C. The van der Waals surface area contributed by atoms with Crippen LogP contribution in [0.3, 0.4) is 0 Å².